The van der Waals surface area contributed by atoms with E-state index >= 15 is 0 Å². The van der Waals surface area contributed by atoms with Gasteiger partial charge in [0.1, 0.15) is 18.2 Å². The van der Waals surface area contributed by atoms with Gasteiger partial charge in [0.25, 0.3) is 0 Å². The molecule has 31 heavy (non-hydrogen) atoms. The van der Waals surface area contributed by atoms with Crippen molar-refractivity contribution in [1.82, 2.24) is 15.5 Å². The number of hydrogen-bond acceptors (Lipinski definition) is 4. The molecule has 7 heteroatoms. The average molecular weight is 432 g/mol. The topological polar surface area (TPSA) is 87.7 Å². The smallest absolute Gasteiger partial charge is 0.408 e. The summed E-state index contributed by atoms with van der Waals surface area (Å²) in [5.74, 6) is -0.667. The van der Waals surface area contributed by atoms with Crippen molar-refractivity contribution < 1.29 is 19.1 Å². The standard InChI is InChI=1S/C24H37N3O4/c1-8-12-18(4)26-22(29)21(19-14-11-10-13-17(19)3)27(15-9-2)20(28)16-25-23(30)31-24(5,6)7/h9-11,13-14,18,21H,2,8,12,15-16H2,1,3-7H3,(H,25,30)(H,26,29). The summed E-state index contributed by atoms with van der Waals surface area (Å²) < 4.78 is 5.20. The SMILES string of the molecule is C=CCN(C(=O)CNC(=O)OC(C)(C)C)C(C(=O)NC(C)CCC)c1ccccc1C. The van der Waals surface area contributed by atoms with Crippen molar-refractivity contribution in [2.24, 2.45) is 0 Å². The summed E-state index contributed by atoms with van der Waals surface area (Å²) in [5.41, 5.74) is 0.955. The molecule has 1 rings (SSSR count). The third-order valence-corrected chi connectivity index (χ3v) is 4.58. The van der Waals surface area contributed by atoms with Gasteiger partial charge in [0, 0.05) is 12.6 Å². The summed E-state index contributed by atoms with van der Waals surface area (Å²) in [5, 5.41) is 5.50. The van der Waals surface area contributed by atoms with Crippen molar-refractivity contribution in [3.8, 4) is 0 Å². The molecule has 0 fully saturated rings. The molecule has 1 aromatic carbocycles. The maximum atomic E-state index is 13.3. The van der Waals surface area contributed by atoms with Gasteiger partial charge in [-0.3, -0.25) is 9.59 Å². The van der Waals surface area contributed by atoms with Crippen molar-refractivity contribution in [3.05, 3.63) is 48.0 Å². The Kier molecular flexibility index (Phi) is 10.3. The van der Waals surface area contributed by atoms with Gasteiger partial charge in [0.15, 0.2) is 0 Å². The van der Waals surface area contributed by atoms with Crippen LogP contribution < -0.4 is 10.6 Å². The van der Waals surface area contributed by atoms with E-state index < -0.39 is 23.6 Å². The van der Waals surface area contributed by atoms with Crippen LogP contribution in [-0.2, 0) is 14.3 Å². The van der Waals surface area contributed by atoms with Crippen LogP contribution in [0.5, 0.6) is 0 Å². The lowest BCUT2D eigenvalue weighted by molar-refractivity contribution is -0.139. The number of alkyl carbamates (subject to hydrolysis) is 1. The van der Waals surface area contributed by atoms with E-state index in [-0.39, 0.29) is 25.0 Å². The third kappa shape index (κ3) is 8.82. The molecule has 1 aromatic rings. The maximum absolute atomic E-state index is 13.3. The lowest BCUT2D eigenvalue weighted by Crippen LogP contribution is -2.49. The zero-order chi connectivity index (χ0) is 23.6. The molecule has 172 valence electrons. The first-order valence-electron chi connectivity index (χ1n) is 10.7. The van der Waals surface area contributed by atoms with Crippen LogP contribution in [-0.4, -0.2) is 47.5 Å². The number of carbonyl (C=O) groups is 3. The van der Waals surface area contributed by atoms with Crippen LogP contribution in [0.25, 0.3) is 0 Å². The van der Waals surface area contributed by atoms with E-state index in [0.717, 1.165) is 24.0 Å². The predicted octanol–water partition coefficient (Wildman–Crippen LogP) is 3.88. The summed E-state index contributed by atoms with van der Waals surface area (Å²) in [4.78, 5) is 39.8. The highest BCUT2D eigenvalue weighted by molar-refractivity contribution is 5.91. The third-order valence-electron chi connectivity index (χ3n) is 4.58. The highest BCUT2D eigenvalue weighted by Crippen LogP contribution is 2.25. The second kappa shape index (κ2) is 12.1. The largest absolute Gasteiger partial charge is 0.444 e. The fourth-order valence-corrected chi connectivity index (χ4v) is 3.23. The summed E-state index contributed by atoms with van der Waals surface area (Å²) >= 11 is 0. The van der Waals surface area contributed by atoms with E-state index in [2.05, 4.69) is 24.1 Å². The molecule has 0 aliphatic carbocycles. The Hall–Kier alpha value is -2.83. The number of carbonyl (C=O) groups excluding carboxylic acids is 3. The molecule has 0 spiro atoms. The van der Waals surface area contributed by atoms with Gasteiger partial charge in [-0.1, -0.05) is 43.7 Å². The summed E-state index contributed by atoms with van der Waals surface area (Å²) in [7, 11) is 0. The summed E-state index contributed by atoms with van der Waals surface area (Å²) in [6.45, 7) is 14.7. The van der Waals surface area contributed by atoms with E-state index in [1.165, 1.54) is 4.90 Å². The molecular formula is C24H37N3O4. The fraction of sp³-hybridized carbons (Fsp3) is 0.542. The highest BCUT2D eigenvalue weighted by Gasteiger charge is 2.32. The van der Waals surface area contributed by atoms with E-state index in [4.69, 9.17) is 4.74 Å². The Morgan fingerprint density at radius 1 is 1.23 bits per heavy atom. The zero-order valence-corrected chi connectivity index (χ0v) is 19.7. The van der Waals surface area contributed by atoms with Crippen molar-refractivity contribution in [2.45, 2.75) is 72.1 Å². The Morgan fingerprint density at radius 2 is 1.87 bits per heavy atom. The molecular weight excluding hydrogens is 394 g/mol. The quantitative estimate of drug-likeness (QED) is 0.550. The number of benzene rings is 1. The normalized spacial score (nSPS) is 13.0. The average Bonchev–Trinajstić information content (AvgIpc) is 2.66. The molecule has 7 nitrogen and oxygen atoms in total. The second-order valence-corrected chi connectivity index (χ2v) is 8.65. The van der Waals surface area contributed by atoms with E-state index in [9.17, 15) is 14.4 Å². The summed E-state index contributed by atoms with van der Waals surface area (Å²) in [6.07, 6.45) is 2.65. The molecule has 2 unspecified atom stereocenters. The Labute approximate surface area is 186 Å². The number of nitrogens with one attached hydrogen (secondary N) is 2. The zero-order valence-electron chi connectivity index (χ0n) is 19.7. The Bertz CT molecular complexity index is 770. The first-order valence-corrected chi connectivity index (χ1v) is 10.7. The first-order chi connectivity index (χ1) is 14.5. The van der Waals surface area contributed by atoms with Gasteiger partial charge in [0.2, 0.25) is 11.8 Å². The predicted molar refractivity (Wildman–Crippen MR) is 123 cm³/mol. The van der Waals surface area contributed by atoms with Gasteiger partial charge in [-0.25, -0.2) is 4.79 Å². The molecule has 0 aliphatic rings. The minimum atomic E-state index is -0.841. The first kappa shape index (κ1) is 26.2. The van der Waals surface area contributed by atoms with Crippen LogP contribution in [0, 0.1) is 6.92 Å². The van der Waals surface area contributed by atoms with Gasteiger partial charge in [-0.2, -0.15) is 0 Å². The molecule has 2 atom stereocenters. The van der Waals surface area contributed by atoms with Crippen LogP contribution in [0.4, 0.5) is 4.79 Å². The lowest BCUT2D eigenvalue weighted by atomic mass is 9.98. The number of aryl methyl sites for hydroxylation is 1. The van der Waals surface area contributed by atoms with Crippen molar-refractivity contribution in [2.75, 3.05) is 13.1 Å². The Balaban J connectivity index is 3.16. The van der Waals surface area contributed by atoms with Crippen molar-refractivity contribution in [3.63, 3.8) is 0 Å². The van der Waals surface area contributed by atoms with Crippen molar-refractivity contribution >= 4 is 17.9 Å². The van der Waals surface area contributed by atoms with E-state index in [1.54, 1.807) is 26.8 Å². The molecule has 2 N–H and O–H groups in total. The minimum Gasteiger partial charge on any atom is -0.444 e. The monoisotopic (exact) mass is 431 g/mol. The van der Waals surface area contributed by atoms with Gasteiger partial charge in [-0.05, 0) is 52.2 Å². The molecule has 0 heterocycles. The van der Waals surface area contributed by atoms with Gasteiger partial charge in [0.05, 0.1) is 0 Å². The van der Waals surface area contributed by atoms with Crippen LogP contribution in [0.2, 0.25) is 0 Å². The van der Waals surface area contributed by atoms with Gasteiger partial charge >= 0.3 is 6.09 Å². The van der Waals surface area contributed by atoms with Gasteiger partial charge < -0.3 is 20.3 Å². The van der Waals surface area contributed by atoms with E-state index in [0.29, 0.717) is 0 Å². The molecule has 3 amide bonds. The maximum Gasteiger partial charge on any atom is 0.408 e. The molecule has 0 radical (unpaired) electrons. The van der Waals surface area contributed by atoms with Crippen LogP contribution in [0.1, 0.15) is 64.6 Å². The van der Waals surface area contributed by atoms with Crippen LogP contribution in [0.15, 0.2) is 36.9 Å². The van der Waals surface area contributed by atoms with Gasteiger partial charge in [-0.15, -0.1) is 6.58 Å². The molecule has 0 aromatic heterocycles. The lowest BCUT2D eigenvalue weighted by Gasteiger charge is -2.32. The Morgan fingerprint density at radius 3 is 2.42 bits per heavy atom. The number of ether oxygens (including phenoxy) is 1. The number of amides is 3. The molecule has 0 aliphatic heterocycles. The fourth-order valence-electron chi connectivity index (χ4n) is 3.23. The van der Waals surface area contributed by atoms with Crippen LogP contribution >= 0.6 is 0 Å². The minimum absolute atomic E-state index is 0.0235. The van der Waals surface area contributed by atoms with Crippen LogP contribution in [0.3, 0.4) is 0 Å². The number of nitrogens with zero attached hydrogens (tertiary/aromatic N) is 1. The number of rotatable bonds is 10. The second-order valence-electron chi connectivity index (χ2n) is 8.65. The highest BCUT2D eigenvalue weighted by atomic mass is 16.6. The molecule has 0 saturated heterocycles. The number of hydrogen-bond donors (Lipinski definition) is 2. The van der Waals surface area contributed by atoms with Crippen molar-refractivity contribution in [1.29, 1.82) is 0 Å². The summed E-state index contributed by atoms with van der Waals surface area (Å²) in [6, 6.07) is 6.61. The molecule has 0 bridgehead atoms. The molecule has 0 saturated carbocycles. The van der Waals surface area contributed by atoms with E-state index in [1.807, 2.05) is 38.1 Å².